The number of hydrogen-bond donors (Lipinski definition) is 1. The molecule has 1 atom stereocenters. The smallest absolute Gasteiger partial charge is 0.0692 e. The van der Waals surface area contributed by atoms with Crippen molar-refractivity contribution in [3.05, 3.63) is 24.3 Å². The Morgan fingerprint density at radius 1 is 1.78 bits per heavy atom. The lowest BCUT2D eigenvalue weighted by atomic mass is 10.2. The summed E-state index contributed by atoms with van der Waals surface area (Å²) in [6, 6.07) is 0. The number of allylic oxidation sites excluding steroid dienone is 2. The molecular formula is C8H14O. The van der Waals surface area contributed by atoms with Gasteiger partial charge in [0, 0.05) is 0 Å². The molecule has 0 spiro atoms. The third-order valence-corrected chi connectivity index (χ3v) is 0.881. The average molecular weight is 126 g/mol. The third-order valence-electron chi connectivity index (χ3n) is 0.881. The highest BCUT2D eigenvalue weighted by molar-refractivity contribution is 4.99. The standard InChI is InChI=1S/C8H14O/c1-7(2)5-4-6-8(3)9/h4,6,8-9H,1,5H2,2-3H3/b6-4+. The molecule has 0 radical (unpaired) electrons. The highest BCUT2D eigenvalue weighted by atomic mass is 16.3. The molecule has 1 nitrogen and oxygen atoms in total. The van der Waals surface area contributed by atoms with Crippen LogP contribution in [0.5, 0.6) is 0 Å². The highest BCUT2D eigenvalue weighted by Gasteiger charge is 1.83. The molecular weight excluding hydrogens is 112 g/mol. The van der Waals surface area contributed by atoms with E-state index in [9.17, 15) is 0 Å². The molecule has 0 aromatic rings. The molecule has 0 bridgehead atoms. The van der Waals surface area contributed by atoms with Crippen LogP contribution in [0.15, 0.2) is 24.3 Å². The molecule has 0 fully saturated rings. The van der Waals surface area contributed by atoms with Gasteiger partial charge in [0.15, 0.2) is 0 Å². The molecule has 0 aliphatic heterocycles. The molecule has 1 unspecified atom stereocenters. The lowest BCUT2D eigenvalue weighted by Crippen LogP contribution is -1.91. The van der Waals surface area contributed by atoms with Crippen molar-refractivity contribution < 1.29 is 5.11 Å². The van der Waals surface area contributed by atoms with E-state index in [1.54, 1.807) is 13.0 Å². The van der Waals surface area contributed by atoms with E-state index in [0.717, 1.165) is 12.0 Å². The van der Waals surface area contributed by atoms with Crippen molar-refractivity contribution in [2.75, 3.05) is 0 Å². The van der Waals surface area contributed by atoms with E-state index < -0.39 is 0 Å². The first kappa shape index (κ1) is 8.44. The van der Waals surface area contributed by atoms with E-state index in [1.165, 1.54) is 0 Å². The molecule has 0 heterocycles. The largest absolute Gasteiger partial charge is 0.389 e. The monoisotopic (exact) mass is 126 g/mol. The molecule has 0 rings (SSSR count). The first-order chi connectivity index (χ1) is 4.13. The zero-order valence-corrected chi connectivity index (χ0v) is 6.09. The maximum absolute atomic E-state index is 8.75. The summed E-state index contributed by atoms with van der Waals surface area (Å²) in [5.41, 5.74) is 1.12. The van der Waals surface area contributed by atoms with E-state index in [0.29, 0.717) is 0 Å². The normalized spacial score (nSPS) is 14.1. The van der Waals surface area contributed by atoms with Crippen molar-refractivity contribution in [1.29, 1.82) is 0 Å². The molecule has 0 aliphatic carbocycles. The summed E-state index contributed by atoms with van der Waals surface area (Å²) >= 11 is 0. The van der Waals surface area contributed by atoms with Crippen molar-refractivity contribution >= 4 is 0 Å². The zero-order chi connectivity index (χ0) is 7.28. The van der Waals surface area contributed by atoms with Crippen LogP contribution in [0, 0.1) is 0 Å². The maximum Gasteiger partial charge on any atom is 0.0692 e. The second kappa shape index (κ2) is 4.33. The Morgan fingerprint density at radius 3 is 2.67 bits per heavy atom. The lowest BCUT2D eigenvalue weighted by molar-refractivity contribution is 0.244. The molecule has 0 aromatic heterocycles. The number of rotatable bonds is 3. The van der Waals surface area contributed by atoms with Gasteiger partial charge in [0.25, 0.3) is 0 Å². The van der Waals surface area contributed by atoms with E-state index >= 15 is 0 Å². The summed E-state index contributed by atoms with van der Waals surface area (Å²) in [4.78, 5) is 0. The average Bonchev–Trinajstić information content (AvgIpc) is 1.63. The molecule has 0 saturated carbocycles. The Balaban J connectivity index is 3.36. The molecule has 52 valence electrons. The number of aliphatic hydroxyl groups is 1. The topological polar surface area (TPSA) is 20.2 Å². The van der Waals surface area contributed by atoms with Crippen LogP contribution in [0.4, 0.5) is 0 Å². The van der Waals surface area contributed by atoms with Crippen molar-refractivity contribution in [3.63, 3.8) is 0 Å². The van der Waals surface area contributed by atoms with Crippen LogP contribution in [0.1, 0.15) is 20.3 Å². The van der Waals surface area contributed by atoms with Gasteiger partial charge in [0.05, 0.1) is 6.10 Å². The predicted molar refractivity (Wildman–Crippen MR) is 40.3 cm³/mol. The second-order valence-corrected chi connectivity index (χ2v) is 2.33. The summed E-state index contributed by atoms with van der Waals surface area (Å²) in [6.07, 6.45) is 4.22. The Bertz CT molecular complexity index is 112. The van der Waals surface area contributed by atoms with Gasteiger partial charge in [-0.3, -0.25) is 0 Å². The SMILES string of the molecule is C=C(C)C/C=C/C(C)O. The molecule has 0 amide bonds. The van der Waals surface area contributed by atoms with E-state index in [1.807, 2.05) is 13.0 Å². The first-order valence-electron chi connectivity index (χ1n) is 3.12. The Morgan fingerprint density at radius 2 is 2.33 bits per heavy atom. The van der Waals surface area contributed by atoms with Gasteiger partial charge in [-0.15, -0.1) is 0 Å². The van der Waals surface area contributed by atoms with Crippen LogP contribution in [0.25, 0.3) is 0 Å². The quantitative estimate of drug-likeness (QED) is 0.572. The van der Waals surface area contributed by atoms with Crippen LogP contribution in [-0.2, 0) is 0 Å². The van der Waals surface area contributed by atoms with E-state index in [-0.39, 0.29) is 6.10 Å². The molecule has 1 heteroatoms. The van der Waals surface area contributed by atoms with Crippen molar-refractivity contribution in [2.24, 2.45) is 0 Å². The minimum atomic E-state index is -0.329. The van der Waals surface area contributed by atoms with Gasteiger partial charge < -0.3 is 5.11 Å². The van der Waals surface area contributed by atoms with Crippen LogP contribution in [0.2, 0.25) is 0 Å². The Kier molecular flexibility index (Phi) is 4.06. The summed E-state index contributed by atoms with van der Waals surface area (Å²) in [6.45, 7) is 7.41. The van der Waals surface area contributed by atoms with Crippen molar-refractivity contribution in [2.45, 2.75) is 26.4 Å². The van der Waals surface area contributed by atoms with Crippen molar-refractivity contribution in [3.8, 4) is 0 Å². The van der Waals surface area contributed by atoms with Gasteiger partial charge in [-0.1, -0.05) is 24.3 Å². The summed E-state index contributed by atoms with van der Waals surface area (Å²) < 4.78 is 0. The van der Waals surface area contributed by atoms with Gasteiger partial charge in [-0.2, -0.15) is 0 Å². The zero-order valence-electron chi connectivity index (χ0n) is 6.09. The van der Waals surface area contributed by atoms with Crippen LogP contribution < -0.4 is 0 Å². The molecule has 0 aromatic carbocycles. The maximum atomic E-state index is 8.75. The predicted octanol–water partition coefficient (Wildman–Crippen LogP) is 1.89. The summed E-state index contributed by atoms with van der Waals surface area (Å²) in [7, 11) is 0. The highest BCUT2D eigenvalue weighted by Crippen LogP contribution is 1.96. The Hall–Kier alpha value is -0.560. The number of aliphatic hydroxyl groups excluding tert-OH is 1. The molecule has 0 aliphatic rings. The number of hydrogen-bond acceptors (Lipinski definition) is 1. The fraction of sp³-hybridized carbons (Fsp3) is 0.500. The second-order valence-electron chi connectivity index (χ2n) is 2.33. The van der Waals surface area contributed by atoms with Gasteiger partial charge in [0.1, 0.15) is 0 Å². The molecule has 9 heavy (non-hydrogen) atoms. The van der Waals surface area contributed by atoms with Gasteiger partial charge in [0.2, 0.25) is 0 Å². The third kappa shape index (κ3) is 7.44. The van der Waals surface area contributed by atoms with Crippen LogP contribution >= 0.6 is 0 Å². The van der Waals surface area contributed by atoms with Gasteiger partial charge in [-0.25, -0.2) is 0 Å². The molecule has 0 saturated heterocycles. The van der Waals surface area contributed by atoms with Gasteiger partial charge >= 0.3 is 0 Å². The van der Waals surface area contributed by atoms with Crippen LogP contribution in [-0.4, -0.2) is 11.2 Å². The van der Waals surface area contributed by atoms with Gasteiger partial charge in [-0.05, 0) is 20.3 Å². The Labute approximate surface area is 56.7 Å². The minimum absolute atomic E-state index is 0.329. The van der Waals surface area contributed by atoms with Crippen molar-refractivity contribution in [1.82, 2.24) is 0 Å². The minimum Gasteiger partial charge on any atom is -0.389 e. The lowest BCUT2D eigenvalue weighted by Gasteiger charge is -1.92. The van der Waals surface area contributed by atoms with E-state index in [2.05, 4.69) is 6.58 Å². The molecule has 1 N–H and O–H groups in total. The fourth-order valence-electron chi connectivity index (χ4n) is 0.466. The summed E-state index contributed by atoms with van der Waals surface area (Å²) in [5.74, 6) is 0. The van der Waals surface area contributed by atoms with Crippen LogP contribution in [0.3, 0.4) is 0 Å². The fourth-order valence-corrected chi connectivity index (χ4v) is 0.466. The first-order valence-corrected chi connectivity index (χ1v) is 3.12. The van der Waals surface area contributed by atoms with E-state index in [4.69, 9.17) is 5.11 Å². The summed E-state index contributed by atoms with van der Waals surface area (Å²) in [5, 5.41) is 8.75.